The molecular formula is C13H18N2. The SMILES string of the molecule is CN=C1CCN(Cc2ccccc2)CC1. The molecule has 0 radical (unpaired) electrons. The molecule has 1 heterocycles. The smallest absolute Gasteiger partial charge is 0.0276 e. The first-order chi connectivity index (χ1) is 7.38. The zero-order valence-electron chi connectivity index (χ0n) is 9.32. The van der Waals surface area contributed by atoms with Crippen LogP contribution in [0, 0.1) is 0 Å². The van der Waals surface area contributed by atoms with Crippen LogP contribution in [0.1, 0.15) is 18.4 Å². The van der Waals surface area contributed by atoms with E-state index in [-0.39, 0.29) is 0 Å². The van der Waals surface area contributed by atoms with Gasteiger partial charge in [-0.3, -0.25) is 9.89 Å². The van der Waals surface area contributed by atoms with E-state index in [1.54, 1.807) is 0 Å². The molecule has 15 heavy (non-hydrogen) atoms. The molecule has 1 aromatic rings. The molecule has 2 heteroatoms. The zero-order chi connectivity index (χ0) is 10.5. The Bertz CT molecular complexity index is 320. The fraction of sp³-hybridized carbons (Fsp3) is 0.462. The number of benzene rings is 1. The van der Waals surface area contributed by atoms with Crippen LogP contribution < -0.4 is 0 Å². The molecule has 0 bridgehead atoms. The number of hydrogen-bond acceptors (Lipinski definition) is 2. The van der Waals surface area contributed by atoms with Gasteiger partial charge < -0.3 is 0 Å². The van der Waals surface area contributed by atoms with Crippen molar-refractivity contribution in [2.45, 2.75) is 19.4 Å². The maximum atomic E-state index is 4.28. The van der Waals surface area contributed by atoms with Crippen molar-refractivity contribution in [1.82, 2.24) is 4.90 Å². The van der Waals surface area contributed by atoms with E-state index in [0.29, 0.717) is 0 Å². The predicted molar refractivity (Wildman–Crippen MR) is 64.3 cm³/mol. The lowest BCUT2D eigenvalue weighted by atomic mass is 10.1. The second kappa shape index (κ2) is 5.08. The van der Waals surface area contributed by atoms with Gasteiger partial charge in [-0.2, -0.15) is 0 Å². The summed E-state index contributed by atoms with van der Waals surface area (Å²) in [5.41, 5.74) is 2.79. The molecule has 0 unspecified atom stereocenters. The average Bonchev–Trinajstić information content (AvgIpc) is 2.31. The zero-order valence-corrected chi connectivity index (χ0v) is 9.32. The molecule has 0 N–H and O–H groups in total. The number of nitrogens with zero attached hydrogens (tertiary/aromatic N) is 2. The Balaban J connectivity index is 1.87. The van der Waals surface area contributed by atoms with Crippen molar-refractivity contribution in [2.24, 2.45) is 4.99 Å². The van der Waals surface area contributed by atoms with Crippen LogP contribution in [0.4, 0.5) is 0 Å². The monoisotopic (exact) mass is 202 g/mol. The first-order valence-corrected chi connectivity index (χ1v) is 5.59. The van der Waals surface area contributed by atoms with Crippen LogP contribution in [-0.2, 0) is 6.54 Å². The van der Waals surface area contributed by atoms with E-state index in [9.17, 15) is 0 Å². The van der Waals surface area contributed by atoms with Gasteiger partial charge in [0.1, 0.15) is 0 Å². The number of aliphatic imine (C=N–C) groups is 1. The van der Waals surface area contributed by atoms with Gasteiger partial charge in [0.25, 0.3) is 0 Å². The molecule has 2 rings (SSSR count). The van der Waals surface area contributed by atoms with E-state index in [1.807, 2.05) is 7.05 Å². The van der Waals surface area contributed by atoms with Crippen molar-refractivity contribution < 1.29 is 0 Å². The molecule has 0 aromatic heterocycles. The lowest BCUT2D eigenvalue weighted by molar-refractivity contribution is 0.266. The van der Waals surface area contributed by atoms with E-state index in [4.69, 9.17) is 0 Å². The Morgan fingerprint density at radius 3 is 2.40 bits per heavy atom. The first kappa shape index (κ1) is 10.4. The van der Waals surface area contributed by atoms with Gasteiger partial charge in [0.15, 0.2) is 0 Å². The molecule has 2 nitrogen and oxygen atoms in total. The second-order valence-corrected chi connectivity index (χ2v) is 4.05. The number of likely N-dealkylation sites (tertiary alicyclic amines) is 1. The lowest BCUT2D eigenvalue weighted by Crippen LogP contribution is -2.33. The Morgan fingerprint density at radius 2 is 1.80 bits per heavy atom. The van der Waals surface area contributed by atoms with Crippen LogP contribution in [0.25, 0.3) is 0 Å². The van der Waals surface area contributed by atoms with E-state index in [0.717, 1.165) is 32.5 Å². The molecule has 1 aliphatic rings. The molecule has 0 amide bonds. The molecular weight excluding hydrogens is 184 g/mol. The van der Waals surface area contributed by atoms with Crippen molar-refractivity contribution in [3.05, 3.63) is 35.9 Å². The van der Waals surface area contributed by atoms with Crippen LogP contribution in [0.2, 0.25) is 0 Å². The molecule has 0 aliphatic carbocycles. The third-order valence-corrected chi connectivity index (χ3v) is 3.00. The summed E-state index contributed by atoms with van der Waals surface area (Å²) in [6.07, 6.45) is 2.28. The Morgan fingerprint density at radius 1 is 1.13 bits per heavy atom. The summed E-state index contributed by atoms with van der Waals surface area (Å²) in [5, 5.41) is 0. The topological polar surface area (TPSA) is 15.6 Å². The van der Waals surface area contributed by atoms with E-state index in [2.05, 4.69) is 40.2 Å². The molecule has 1 fully saturated rings. The summed E-state index contributed by atoms with van der Waals surface area (Å²) in [4.78, 5) is 6.78. The summed E-state index contributed by atoms with van der Waals surface area (Å²) >= 11 is 0. The Kier molecular flexibility index (Phi) is 3.51. The number of rotatable bonds is 2. The fourth-order valence-corrected chi connectivity index (χ4v) is 2.03. The van der Waals surface area contributed by atoms with Crippen LogP contribution >= 0.6 is 0 Å². The summed E-state index contributed by atoms with van der Waals surface area (Å²) in [6.45, 7) is 3.39. The molecule has 0 spiro atoms. The minimum Gasteiger partial charge on any atom is -0.298 e. The number of hydrogen-bond donors (Lipinski definition) is 0. The minimum atomic E-state index is 1.08. The third kappa shape index (κ3) is 2.90. The largest absolute Gasteiger partial charge is 0.298 e. The standard InChI is InChI=1S/C13H18N2/c1-14-13-7-9-15(10-8-13)11-12-5-3-2-4-6-12/h2-6H,7-11H2,1H3. The van der Waals surface area contributed by atoms with E-state index >= 15 is 0 Å². The Hall–Kier alpha value is -1.15. The molecule has 0 saturated carbocycles. The number of piperidine rings is 1. The van der Waals surface area contributed by atoms with Crippen molar-refractivity contribution in [1.29, 1.82) is 0 Å². The van der Waals surface area contributed by atoms with Gasteiger partial charge >= 0.3 is 0 Å². The summed E-state index contributed by atoms with van der Waals surface area (Å²) in [5.74, 6) is 0. The quantitative estimate of drug-likeness (QED) is 0.718. The normalized spacial score (nSPS) is 17.8. The van der Waals surface area contributed by atoms with Gasteiger partial charge in [-0.15, -0.1) is 0 Å². The van der Waals surface area contributed by atoms with Crippen LogP contribution in [0.3, 0.4) is 0 Å². The second-order valence-electron chi connectivity index (χ2n) is 4.05. The summed E-state index contributed by atoms with van der Waals surface area (Å²) < 4.78 is 0. The van der Waals surface area contributed by atoms with Crippen LogP contribution in [0.5, 0.6) is 0 Å². The molecule has 1 aliphatic heterocycles. The van der Waals surface area contributed by atoms with Gasteiger partial charge in [-0.25, -0.2) is 0 Å². The third-order valence-electron chi connectivity index (χ3n) is 3.00. The average molecular weight is 202 g/mol. The van der Waals surface area contributed by atoms with Gasteiger partial charge in [-0.05, 0) is 18.4 Å². The fourth-order valence-electron chi connectivity index (χ4n) is 2.03. The van der Waals surface area contributed by atoms with Gasteiger partial charge in [0, 0.05) is 32.4 Å². The van der Waals surface area contributed by atoms with Crippen molar-refractivity contribution in [3.8, 4) is 0 Å². The van der Waals surface area contributed by atoms with Gasteiger partial charge in [0.2, 0.25) is 0 Å². The van der Waals surface area contributed by atoms with Crippen LogP contribution in [-0.4, -0.2) is 30.7 Å². The van der Waals surface area contributed by atoms with Crippen LogP contribution in [0.15, 0.2) is 35.3 Å². The van der Waals surface area contributed by atoms with Crippen molar-refractivity contribution >= 4 is 5.71 Å². The Labute approximate surface area is 91.6 Å². The van der Waals surface area contributed by atoms with E-state index in [1.165, 1.54) is 11.3 Å². The molecule has 1 saturated heterocycles. The van der Waals surface area contributed by atoms with Crippen molar-refractivity contribution in [2.75, 3.05) is 20.1 Å². The minimum absolute atomic E-state index is 1.08. The van der Waals surface area contributed by atoms with Gasteiger partial charge in [0.05, 0.1) is 0 Å². The maximum Gasteiger partial charge on any atom is 0.0276 e. The highest BCUT2D eigenvalue weighted by Crippen LogP contribution is 2.11. The highest BCUT2D eigenvalue weighted by molar-refractivity contribution is 5.85. The highest BCUT2D eigenvalue weighted by Gasteiger charge is 2.13. The predicted octanol–water partition coefficient (Wildman–Crippen LogP) is 2.35. The van der Waals surface area contributed by atoms with E-state index < -0.39 is 0 Å². The lowest BCUT2D eigenvalue weighted by Gasteiger charge is -2.27. The molecule has 1 aromatic carbocycles. The highest BCUT2D eigenvalue weighted by atomic mass is 15.1. The first-order valence-electron chi connectivity index (χ1n) is 5.59. The molecule has 0 atom stereocenters. The molecule has 80 valence electrons. The summed E-state index contributed by atoms with van der Waals surface area (Å²) in [7, 11) is 1.90. The van der Waals surface area contributed by atoms with Gasteiger partial charge in [-0.1, -0.05) is 30.3 Å². The maximum absolute atomic E-state index is 4.28. The summed E-state index contributed by atoms with van der Waals surface area (Å²) in [6, 6.07) is 10.7. The van der Waals surface area contributed by atoms with Crippen molar-refractivity contribution in [3.63, 3.8) is 0 Å².